The zero-order valence-electron chi connectivity index (χ0n) is 10.5. The van der Waals surface area contributed by atoms with Gasteiger partial charge in [-0.05, 0) is 25.2 Å². The first-order valence-electron chi connectivity index (χ1n) is 7.16. The van der Waals surface area contributed by atoms with Crippen molar-refractivity contribution in [1.82, 2.24) is 9.97 Å². The van der Waals surface area contributed by atoms with Gasteiger partial charge in [0.1, 0.15) is 5.82 Å². The van der Waals surface area contributed by atoms with Gasteiger partial charge < -0.3 is 10.7 Å². The fraction of sp³-hybridized carbons (Fsp3) is 0.786. The van der Waals surface area contributed by atoms with Gasteiger partial charge in [-0.15, -0.1) is 0 Å². The van der Waals surface area contributed by atoms with E-state index in [-0.39, 0.29) is 6.04 Å². The van der Waals surface area contributed by atoms with E-state index in [2.05, 4.69) is 4.98 Å². The summed E-state index contributed by atoms with van der Waals surface area (Å²) in [4.78, 5) is 8.27. The molecule has 3 nitrogen and oxygen atoms in total. The van der Waals surface area contributed by atoms with Crippen molar-refractivity contribution in [2.75, 3.05) is 0 Å². The molecular formula is C14H23N3. The van der Waals surface area contributed by atoms with Crippen LogP contribution in [0.2, 0.25) is 0 Å². The van der Waals surface area contributed by atoms with Gasteiger partial charge in [0.05, 0.1) is 5.69 Å². The van der Waals surface area contributed by atoms with Crippen molar-refractivity contribution >= 4 is 0 Å². The molecule has 1 aromatic rings. The third-order valence-corrected chi connectivity index (χ3v) is 4.36. The number of nitrogens with two attached hydrogens (primary N) is 1. The Morgan fingerprint density at radius 3 is 2.71 bits per heavy atom. The Balaban J connectivity index is 1.71. The molecule has 1 saturated carbocycles. The van der Waals surface area contributed by atoms with Crippen molar-refractivity contribution in [3.63, 3.8) is 0 Å². The summed E-state index contributed by atoms with van der Waals surface area (Å²) in [5.74, 6) is 2.05. The molecule has 0 spiro atoms. The molecule has 0 radical (unpaired) electrons. The second-order valence-electron chi connectivity index (χ2n) is 5.75. The highest BCUT2D eigenvalue weighted by Gasteiger charge is 2.22. The van der Waals surface area contributed by atoms with Crippen molar-refractivity contribution < 1.29 is 0 Å². The second kappa shape index (κ2) is 4.81. The number of imidazole rings is 1. The van der Waals surface area contributed by atoms with Crippen LogP contribution in [0.1, 0.15) is 68.2 Å². The van der Waals surface area contributed by atoms with Gasteiger partial charge in [0.25, 0.3) is 0 Å². The van der Waals surface area contributed by atoms with Gasteiger partial charge in [0, 0.05) is 18.2 Å². The van der Waals surface area contributed by atoms with Gasteiger partial charge in [0.2, 0.25) is 0 Å². The van der Waals surface area contributed by atoms with Crippen LogP contribution >= 0.6 is 0 Å². The van der Waals surface area contributed by atoms with Gasteiger partial charge in [-0.25, -0.2) is 4.98 Å². The lowest BCUT2D eigenvalue weighted by Gasteiger charge is -2.20. The third kappa shape index (κ3) is 2.39. The van der Waals surface area contributed by atoms with E-state index in [9.17, 15) is 0 Å². The van der Waals surface area contributed by atoms with Gasteiger partial charge in [0.15, 0.2) is 0 Å². The summed E-state index contributed by atoms with van der Waals surface area (Å²) in [6, 6.07) is 0.176. The largest absolute Gasteiger partial charge is 0.346 e. The highest BCUT2D eigenvalue weighted by molar-refractivity contribution is 5.21. The Morgan fingerprint density at radius 1 is 1.12 bits per heavy atom. The third-order valence-electron chi connectivity index (χ3n) is 4.36. The van der Waals surface area contributed by atoms with Gasteiger partial charge in [-0.1, -0.05) is 32.1 Å². The number of rotatable bonds is 2. The number of aromatic amines is 1. The normalized spacial score (nSPS) is 25.8. The number of aryl methyl sites for hydroxylation is 1. The predicted molar refractivity (Wildman–Crippen MR) is 68.7 cm³/mol. The van der Waals surface area contributed by atoms with Gasteiger partial charge in [-0.2, -0.15) is 0 Å². The molecule has 3 heteroatoms. The van der Waals surface area contributed by atoms with Crippen LogP contribution in [0.25, 0.3) is 0 Å². The Bertz CT molecular complexity index is 377. The highest BCUT2D eigenvalue weighted by Crippen LogP contribution is 2.29. The van der Waals surface area contributed by atoms with E-state index >= 15 is 0 Å². The molecular weight excluding hydrogens is 210 g/mol. The summed E-state index contributed by atoms with van der Waals surface area (Å²) in [5.41, 5.74) is 8.58. The molecule has 1 unspecified atom stereocenters. The maximum atomic E-state index is 6.11. The summed E-state index contributed by atoms with van der Waals surface area (Å²) in [6.45, 7) is 0. The molecule has 94 valence electrons. The number of nitrogens with one attached hydrogen (secondary N) is 1. The minimum absolute atomic E-state index is 0.176. The van der Waals surface area contributed by atoms with Crippen molar-refractivity contribution in [3.05, 3.63) is 17.2 Å². The monoisotopic (exact) mass is 233 g/mol. The van der Waals surface area contributed by atoms with E-state index in [0.29, 0.717) is 0 Å². The fourth-order valence-electron chi connectivity index (χ4n) is 3.37. The molecule has 17 heavy (non-hydrogen) atoms. The van der Waals surface area contributed by atoms with Crippen molar-refractivity contribution in [2.45, 2.75) is 63.8 Å². The van der Waals surface area contributed by atoms with Crippen LogP contribution in [0.4, 0.5) is 0 Å². The average molecular weight is 233 g/mol. The Kier molecular flexibility index (Phi) is 3.19. The van der Waals surface area contributed by atoms with Crippen LogP contribution in [0.3, 0.4) is 0 Å². The molecule has 2 aliphatic carbocycles. The minimum Gasteiger partial charge on any atom is -0.346 e. The molecule has 2 aliphatic rings. The summed E-state index contributed by atoms with van der Waals surface area (Å²) in [5, 5.41) is 0. The number of H-pyrrole nitrogens is 1. The van der Waals surface area contributed by atoms with Crippen LogP contribution in [0.15, 0.2) is 0 Å². The molecule has 1 aromatic heterocycles. The quantitative estimate of drug-likeness (QED) is 0.825. The molecule has 1 fully saturated rings. The molecule has 0 aromatic carbocycles. The predicted octanol–water partition coefficient (Wildman–Crippen LogP) is 2.87. The fourth-order valence-corrected chi connectivity index (χ4v) is 3.37. The van der Waals surface area contributed by atoms with Crippen LogP contribution < -0.4 is 5.73 Å². The summed E-state index contributed by atoms with van der Waals surface area (Å²) in [6.07, 6.45) is 11.6. The first kappa shape index (κ1) is 11.3. The van der Waals surface area contributed by atoms with E-state index in [0.717, 1.165) is 30.9 Å². The van der Waals surface area contributed by atoms with Crippen LogP contribution in [-0.2, 0) is 12.8 Å². The zero-order chi connectivity index (χ0) is 11.7. The van der Waals surface area contributed by atoms with E-state index < -0.39 is 0 Å². The van der Waals surface area contributed by atoms with E-state index in [1.165, 1.54) is 50.0 Å². The van der Waals surface area contributed by atoms with Crippen LogP contribution in [0.5, 0.6) is 0 Å². The van der Waals surface area contributed by atoms with Crippen molar-refractivity contribution in [2.24, 2.45) is 11.7 Å². The Labute approximate surface area is 103 Å². The van der Waals surface area contributed by atoms with Crippen molar-refractivity contribution in [3.8, 4) is 0 Å². The highest BCUT2D eigenvalue weighted by atomic mass is 15.0. The van der Waals surface area contributed by atoms with E-state index in [4.69, 9.17) is 10.7 Å². The summed E-state index contributed by atoms with van der Waals surface area (Å²) in [7, 11) is 0. The molecule has 0 amide bonds. The number of nitrogens with zero attached hydrogens (tertiary/aromatic N) is 1. The van der Waals surface area contributed by atoms with Gasteiger partial charge >= 0.3 is 0 Å². The maximum absolute atomic E-state index is 6.11. The summed E-state index contributed by atoms with van der Waals surface area (Å²) >= 11 is 0. The molecule has 1 atom stereocenters. The number of hydrogen-bond acceptors (Lipinski definition) is 2. The molecule has 0 bridgehead atoms. The van der Waals surface area contributed by atoms with Crippen LogP contribution in [-0.4, -0.2) is 9.97 Å². The smallest absolute Gasteiger partial charge is 0.106 e. The SMILES string of the molecule is NC1CCCc2[nH]c(CC3CCCCC3)nc21. The Morgan fingerprint density at radius 2 is 1.94 bits per heavy atom. The van der Waals surface area contributed by atoms with E-state index in [1.54, 1.807) is 0 Å². The first-order chi connectivity index (χ1) is 8.33. The van der Waals surface area contributed by atoms with E-state index in [1.807, 2.05) is 0 Å². The lowest BCUT2D eigenvalue weighted by Crippen LogP contribution is -2.17. The topological polar surface area (TPSA) is 54.7 Å². The number of aromatic nitrogens is 2. The molecule has 3 N–H and O–H groups in total. The molecule has 1 heterocycles. The lowest BCUT2D eigenvalue weighted by atomic mass is 9.87. The molecule has 0 saturated heterocycles. The zero-order valence-corrected chi connectivity index (χ0v) is 10.5. The summed E-state index contributed by atoms with van der Waals surface area (Å²) < 4.78 is 0. The van der Waals surface area contributed by atoms with Crippen molar-refractivity contribution in [1.29, 1.82) is 0 Å². The second-order valence-corrected chi connectivity index (χ2v) is 5.75. The van der Waals surface area contributed by atoms with Crippen LogP contribution in [0, 0.1) is 5.92 Å². The molecule has 0 aliphatic heterocycles. The van der Waals surface area contributed by atoms with Gasteiger partial charge in [-0.3, -0.25) is 0 Å². The lowest BCUT2D eigenvalue weighted by molar-refractivity contribution is 0.352. The minimum atomic E-state index is 0.176. The maximum Gasteiger partial charge on any atom is 0.106 e. The number of hydrogen-bond donors (Lipinski definition) is 2. The average Bonchev–Trinajstić information content (AvgIpc) is 2.74. The number of fused-ring (bicyclic) bond motifs is 1. The molecule has 3 rings (SSSR count). The Hall–Kier alpha value is -0.830. The standard InChI is InChI=1S/C14H23N3/c15-11-7-4-8-12-14(11)17-13(16-12)9-10-5-2-1-3-6-10/h10-11H,1-9,15H2,(H,16,17). The first-order valence-corrected chi connectivity index (χ1v) is 7.16.